The zero-order chi connectivity index (χ0) is 13.8. The normalized spacial score (nSPS) is 17.6. The average molecular weight is 257 g/mol. The molecule has 0 N–H and O–H groups in total. The Labute approximate surface area is 118 Å². The van der Waals surface area contributed by atoms with Gasteiger partial charge >= 0.3 is 0 Å². The molecule has 2 rings (SSSR count). The minimum Gasteiger partial charge on any atom is -0.295 e. The van der Waals surface area contributed by atoms with Gasteiger partial charge in [0.2, 0.25) is 0 Å². The molecule has 1 heteroatoms. The molecular formula is C18H27N. The highest BCUT2D eigenvalue weighted by atomic mass is 15.1. The van der Waals surface area contributed by atoms with E-state index in [1.165, 1.54) is 18.5 Å². The van der Waals surface area contributed by atoms with Crippen LogP contribution in [0.1, 0.15) is 39.7 Å². The molecule has 1 heterocycles. The van der Waals surface area contributed by atoms with E-state index in [4.69, 9.17) is 0 Å². The molecule has 1 aromatic rings. The van der Waals surface area contributed by atoms with Gasteiger partial charge in [0.15, 0.2) is 0 Å². The van der Waals surface area contributed by atoms with Crippen molar-refractivity contribution in [2.24, 2.45) is 11.8 Å². The molecule has 1 nitrogen and oxygen atoms in total. The van der Waals surface area contributed by atoms with Crippen LogP contribution in [0, 0.1) is 11.8 Å². The third kappa shape index (κ3) is 3.70. The van der Waals surface area contributed by atoms with Gasteiger partial charge in [-0.3, -0.25) is 4.90 Å². The first kappa shape index (κ1) is 14.3. The molecule has 0 saturated heterocycles. The molecule has 0 aliphatic carbocycles. The molecule has 104 valence electrons. The van der Waals surface area contributed by atoms with Crippen LogP contribution in [-0.4, -0.2) is 18.0 Å². The fourth-order valence-corrected chi connectivity index (χ4v) is 3.05. The predicted molar refractivity (Wildman–Crippen MR) is 83.0 cm³/mol. The molecule has 0 aromatic heterocycles. The zero-order valence-electron chi connectivity index (χ0n) is 12.8. The van der Waals surface area contributed by atoms with Crippen LogP contribution in [0.3, 0.4) is 0 Å². The van der Waals surface area contributed by atoms with Gasteiger partial charge in [-0.1, -0.05) is 69.2 Å². The Balaban J connectivity index is 2.09. The van der Waals surface area contributed by atoms with Crippen molar-refractivity contribution in [3.05, 3.63) is 47.0 Å². The van der Waals surface area contributed by atoms with E-state index in [1.807, 2.05) is 0 Å². The van der Waals surface area contributed by atoms with E-state index in [0.717, 1.165) is 13.1 Å². The van der Waals surface area contributed by atoms with Gasteiger partial charge in [-0.15, -0.1) is 0 Å². The van der Waals surface area contributed by atoms with E-state index >= 15 is 0 Å². The Morgan fingerprint density at radius 2 is 1.58 bits per heavy atom. The number of benzene rings is 1. The summed E-state index contributed by atoms with van der Waals surface area (Å²) < 4.78 is 0. The van der Waals surface area contributed by atoms with Crippen LogP contribution in [-0.2, 0) is 6.54 Å². The monoisotopic (exact) mass is 257 g/mol. The first-order chi connectivity index (χ1) is 9.08. The Morgan fingerprint density at radius 1 is 0.947 bits per heavy atom. The lowest BCUT2D eigenvalue weighted by atomic mass is 9.85. The van der Waals surface area contributed by atoms with Crippen molar-refractivity contribution in [1.29, 1.82) is 0 Å². The molecule has 0 amide bonds. The van der Waals surface area contributed by atoms with Crippen LogP contribution < -0.4 is 0 Å². The summed E-state index contributed by atoms with van der Waals surface area (Å²) in [4.78, 5) is 2.59. The second-order valence-corrected chi connectivity index (χ2v) is 6.31. The van der Waals surface area contributed by atoms with Crippen molar-refractivity contribution in [3.63, 3.8) is 0 Å². The van der Waals surface area contributed by atoms with E-state index in [2.05, 4.69) is 62.9 Å². The van der Waals surface area contributed by atoms with E-state index in [9.17, 15) is 0 Å². The third-order valence-corrected chi connectivity index (χ3v) is 4.15. The Hall–Kier alpha value is -1.08. The maximum absolute atomic E-state index is 2.59. The molecule has 1 aliphatic heterocycles. The topological polar surface area (TPSA) is 3.24 Å². The van der Waals surface area contributed by atoms with Crippen molar-refractivity contribution in [2.75, 3.05) is 13.1 Å². The first-order valence-electron chi connectivity index (χ1n) is 7.56. The quantitative estimate of drug-likeness (QED) is 0.718. The van der Waals surface area contributed by atoms with Crippen molar-refractivity contribution in [2.45, 2.75) is 40.7 Å². The van der Waals surface area contributed by atoms with Gasteiger partial charge in [-0.05, 0) is 23.8 Å². The van der Waals surface area contributed by atoms with Gasteiger partial charge in [0.1, 0.15) is 0 Å². The Bertz CT molecular complexity index is 428. The summed E-state index contributed by atoms with van der Waals surface area (Å²) in [5.41, 5.74) is 4.81. The SMILES string of the molecule is CC(C)C1=C(C(C)C)CN(Cc2ccccc2)CC1. The van der Waals surface area contributed by atoms with Gasteiger partial charge in [0.05, 0.1) is 0 Å². The Morgan fingerprint density at radius 3 is 2.16 bits per heavy atom. The van der Waals surface area contributed by atoms with E-state index < -0.39 is 0 Å². The van der Waals surface area contributed by atoms with Gasteiger partial charge in [-0.2, -0.15) is 0 Å². The number of nitrogens with zero attached hydrogens (tertiary/aromatic N) is 1. The largest absolute Gasteiger partial charge is 0.295 e. The second-order valence-electron chi connectivity index (χ2n) is 6.31. The minimum absolute atomic E-state index is 0.677. The van der Waals surface area contributed by atoms with Crippen molar-refractivity contribution >= 4 is 0 Å². The van der Waals surface area contributed by atoms with Gasteiger partial charge < -0.3 is 0 Å². The molecule has 19 heavy (non-hydrogen) atoms. The number of rotatable bonds is 4. The van der Waals surface area contributed by atoms with Gasteiger partial charge in [0.25, 0.3) is 0 Å². The molecule has 1 aromatic carbocycles. The third-order valence-electron chi connectivity index (χ3n) is 4.15. The average Bonchev–Trinajstić information content (AvgIpc) is 2.39. The molecule has 0 saturated carbocycles. The lowest BCUT2D eigenvalue weighted by Gasteiger charge is -2.34. The Kier molecular flexibility index (Phi) is 4.81. The minimum atomic E-state index is 0.677. The fourth-order valence-electron chi connectivity index (χ4n) is 3.05. The lowest BCUT2D eigenvalue weighted by Crippen LogP contribution is -2.33. The molecule has 0 fully saturated rings. The maximum Gasteiger partial charge on any atom is 0.0237 e. The summed E-state index contributed by atoms with van der Waals surface area (Å²) in [6, 6.07) is 10.8. The summed E-state index contributed by atoms with van der Waals surface area (Å²) in [7, 11) is 0. The summed E-state index contributed by atoms with van der Waals surface area (Å²) in [6.45, 7) is 12.8. The molecule has 1 aliphatic rings. The van der Waals surface area contributed by atoms with Crippen LogP contribution in [0.2, 0.25) is 0 Å². The molecule has 0 radical (unpaired) electrons. The first-order valence-corrected chi connectivity index (χ1v) is 7.56. The van der Waals surface area contributed by atoms with Gasteiger partial charge in [0, 0.05) is 19.6 Å². The van der Waals surface area contributed by atoms with Crippen LogP contribution in [0.4, 0.5) is 0 Å². The summed E-state index contributed by atoms with van der Waals surface area (Å²) in [5, 5.41) is 0. The molecule has 0 spiro atoms. The van der Waals surface area contributed by atoms with E-state index in [0.29, 0.717) is 11.8 Å². The summed E-state index contributed by atoms with van der Waals surface area (Å²) in [5.74, 6) is 1.38. The lowest BCUT2D eigenvalue weighted by molar-refractivity contribution is 0.262. The molecule has 0 unspecified atom stereocenters. The fraction of sp³-hybridized carbons (Fsp3) is 0.556. The number of hydrogen-bond donors (Lipinski definition) is 0. The smallest absolute Gasteiger partial charge is 0.0237 e. The summed E-state index contributed by atoms with van der Waals surface area (Å²) in [6.07, 6.45) is 1.25. The van der Waals surface area contributed by atoms with Crippen molar-refractivity contribution in [3.8, 4) is 0 Å². The zero-order valence-corrected chi connectivity index (χ0v) is 12.8. The van der Waals surface area contributed by atoms with Crippen LogP contribution in [0.15, 0.2) is 41.5 Å². The molecular weight excluding hydrogens is 230 g/mol. The second kappa shape index (κ2) is 6.38. The van der Waals surface area contributed by atoms with E-state index in [1.54, 1.807) is 11.1 Å². The predicted octanol–water partition coefficient (Wildman–Crippen LogP) is 4.50. The van der Waals surface area contributed by atoms with Crippen LogP contribution in [0.5, 0.6) is 0 Å². The molecule has 0 bridgehead atoms. The van der Waals surface area contributed by atoms with Crippen LogP contribution in [0.25, 0.3) is 0 Å². The number of hydrogen-bond acceptors (Lipinski definition) is 1. The highest BCUT2D eigenvalue weighted by Gasteiger charge is 2.22. The van der Waals surface area contributed by atoms with Gasteiger partial charge in [-0.25, -0.2) is 0 Å². The maximum atomic E-state index is 2.59. The summed E-state index contributed by atoms with van der Waals surface area (Å²) >= 11 is 0. The highest BCUT2D eigenvalue weighted by Crippen LogP contribution is 2.29. The van der Waals surface area contributed by atoms with Crippen LogP contribution >= 0.6 is 0 Å². The standard InChI is InChI=1S/C18H27N/c1-14(2)17-10-11-19(13-18(17)15(3)4)12-16-8-6-5-7-9-16/h5-9,14-15H,10-13H2,1-4H3. The molecule has 0 atom stereocenters. The van der Waals surface area contributed by atoms with Crippen molar-refractivity contribution < 1.29 is 0 Å². The van der Waals surface area contributed by atoms with E-state index in [-0.39, 0.29) is 0 Å². The highest BCUT2D eigenvalue weighted by molar-refractivity contribution is 5.23. The van der Waals surface area contributed by atoms with Crippen molar-refractivity contribution in [1.82, 2.24) is 4.90 Å².